The molecule has 0 aliphatic carbocycles. The molecule has 0 spiro atoms. The summed E-state index contributed by atoms with van der Waals surface area (Å²) < 4.78 is 55.9. The van der Waals surface area contributed by atoms with E-state index >= 15 is 0 Å². The lowest BCUT2D eigenvalue weighted by molar-refractivity contribution is -0.165. The van der Waals surface area contributed by atoms with Crippen LogP contribution in [0.3, 0.4) is 0 Å². The Morgan fingerprint density at radius 1 is 1.18 bits per heavy atom. The van der Waals surface area contributed by atoms with Crippen LogP contribution < -0.4 is 15.0 Å². The molecule has 33 heavy (non-hydrogen) atoms. The lowest BCUT2D eigenvalue weighted by atomic mass is 10.0. The normalized spacial score (nSPS) is 24.8. The molecule has 2 atom stereocenters. The van der Waals surface area contributed by atoms with Gasteiger partial charge in [-0.05, 0) is 32.0 Å². The van der Waals surface area contributed by atoms with Crippen LogP contribution >= 0.6 is 0 Å². The molecule has 0 unspecified atom stereocenters. The van der Waals surface area contributed by atoms with Gasteiger partial charge in [-0.3, -0.25) is 14.6 Å². The number of ether oxygens (including phenoxy) is 1. The van der Waals surface area contributed by atoms with Crippen LogP contribution in [0.5, 0.6) is 5.75 Å². The number of hydrogen-bond donors (Lipinski definition) is 3. The Balaban J connectivity index is 1.51. The Kier molecular flexibility index (Phi) is 7.34. The maximum atomic E-state index is 13.5. The molecule has 2 aliphatic heterocycles. The molecule has 1 aromatic carbocycles. The van der Waals surface area contributed by atoms with E-state index in [2.05, 4.69) is 10.2 Å². The summed E-state index contributed by atoms with van der Waals surface area (Å²) >= 11 is 0. The molecule has 1 aromatic rings. The third kappa shape index (κ3) is 6.03. The highest BCUT2D eigenvalue weighted by molar-refractivity contribution is 6.01. The van der Waals surface area contributed by atoms with Crippen molar-refractivity contribution in [2.45, 2.75) is 31.3 Å². The number of amides is 3. The van der Waals surface area contributed by atoms with Gasteiger partial charge in [0, 0.05) is 38.8 Å². The Bertz CT molecular complexity index is 875. The zero-order valence-electron chi connectivity index (χ0n) is 17.9. The van der Waals surface area contributed by atoms with Crippen LogP contribution in [0.1, 0.15) is 13.3 Å². The Labute approximate surface area is 187 Å². The van der Waals surface area contributed by atoms with E-state index in [1.807, 2.05) is 4.90 Å². The van der Waals surface area contributed by atoms with Gasteiger partial charge in [0.15, 0.2) is 18.4 Å². The van der Waals surface area contributed by atoms with E-state index in [-0.39, 0.29) is 12.3 Å². The molecule has 9 nitrogen and oxygen atoms in total. The molecule has 0 aromatic heterocycles. The minimum absolute atomic E-state index is 0.0428. The standard InChI is InChI=1S/C20H26F4N4O5/c1-19(32)16(29)25-18(31)28(17(19)30)6-2-5-26-7-9-27(10-8-26)14-4-3-13(21)11-15(14)33-12-20(22,23)24/h3-4,11,16,29,32H,2,5-10,12H2,1H3,(H,25,31)/t16-,19+/m0/s1. The molecule has 2 fully saturated rings. The van der Waals surface area contributed by atoms with Gasteiger partial charge < -0.3 is 25.2 Å². The van der Waals surface area contributed by atoms with Crippen molar-refractivity contribution >= 4 is 17.6 Å². The molecule has 3 N–H and O–H groups in total. The lowest BCUT2D eigenvalue weighted by Crippen LogP contribution is -2.68. The van der Waals surface area contributed by atoms with Gasteiger partial charge in [0.1, 0.15) is 11.6 Å². The number of carbonyl (C=O) groups excluding carboxylic acids is 2. The second-order valence-electron chi connectivity index (χ2n) is 8.15. The summed E-state index contributed by atoms with van der Waals surface area (Å²) in [6, 6.07) is 2.69. The summed E-state index contributed by atoms with van der Waals surface area (Å²) in [6.07, 6.45) is -5.80. The second-order valence-corrected chi connectivity index (χ2v) is 8.15. The van der Waals surface area contributed by atoms with E-state index in [0.29, 0.717) is 44.8 Å². The van der Waals surface area contributed by atoms with Gasteiger partial charge in [-0.25, -0.2) is 9.18 Å². The van der Waals surface area contributed by atoms with Crippen LogP contribution in [-0.2, 0) is 4.79 Å². The highest BCUT2D eigenvalue weighted by Gasteiger charge is 2.48. The van der Waals surface area contributed by atoms with Gasteiger partial charge in [0.05, 0.1) is 5.69 Å². The van der Waals surface area contributed by atoms with Crippen LogP contribution in [0, 0.1) is 5.82 Å². The minimum Gasteiger partial charge on any atom is -0.482 e. The lowest BCUT2D eigenvalue weighted by Gasteiger charge is -2.39. The third-order valence-corrected chi connectivity index (χ3v) is 5.60. The molecule has 3 amide bonds. The number of carbonyl (C=O) groups is 2. The van der Waals surface area contributed by atoms with Gasteiger partial charge in [-0.2, -0.15) is 13.2 Å². The first kappa shape index (κ1) is 25.0. The second kappa shape index (κ2) is 9.69. The van der Waals surface area contributed by atoms with Gasteiger partial charge in [-0.15, -0.1) is 0 Å². The van der Waals surface area contributed by atoms with Gasteiger partial charge in [0.25, 0.3) is 5.91 Å². The number of alkyl halides is 3. The number of hydrogen-bond acceptors (Lipinski definition) is 7. The van der Waals surface area contributed by atoms with Gasteiger partial charge in [-0.1, -0.05) is 0 Å². The quantitative estimate of drug-likeness (QED) is 0.500. The van der Waals surface area contributed by atoms with Crippen LogP contribution in [0.15, 0.2) is 18.2 Å². The minimum atomic E-state index is -4.54. The molecular formula is C20H26F4N4O5. The number of imide groups is 1. The zero-order chi connectivity index (χ0) is 24.4. The predicted octanol–water partition coefficient (Wildman–Crippen LogP) is 0.900. The predicted molar refractivity (Wildman–Crippen MR) is 108 cm³/mol. The fourth-order valence-corrected chi connectivity index (χ4v) is 3.71. The fraction of sp³-hybridized carbons (Fsp3) is 0.600. The van der Waals surface area contributed by atoms with Crippen LogP contribution in [-0.4, -0.2) is 95.8 Å². The summed E-state index contributed by atoms with van der Waals surface area (Å²) in [4.78, 5) is 28.9. The van der Waals surface area contributed by atoms with Crippen molar-refractivity contribution in [3.8, 4) is 5.75 Å². The molecule has 3 rings (SSSR count). The van der Waals surface area contributed by atoms with Crippen LogP contribution in [0.2, 0.25) is 0 Å². The van der Waals surface area contributed by atoms with Crippen molar-refractivity contribution < 1.29 is 42.1 Å². The van der Waals surface area contributed by atoms with E-state index < -0.39 is 42.4 Å². The topological polar surface area (TPSA) is 106 Å². The number of urea groups is 1. The number of piperazine rings is 1. The number of rotatable bonds is 7. The van der Waals surface area contributed by atoms with Crippen LogP contribution in [0.4, 0.5) is 28.0 Å². The van der Waals surface area contributed by atoms with E-state index in [1.54, 1.807) is 0 Å². The molecule has 184 valence electrons. The molecule has 13 heteroatoms. The number of halogens is 4. The highest BCUT2D eigenvalue weighted by atomic mass is 19.4. The van der Waals surface area contributed by atoms with E-state index in [4.69, 9.17) is 4.74 Å². The van der Waals surface area contributed by atoms with Crippen molar-refractivity contribution in [3.05, 3.63) is 24.0 Å². The van der Waals surface area contributed by atoms with Gasteiger partial charge >= 0.3 is 12.2 Å². The first-order valence-corrected chi connectivity index (χ1v) is 10.4. The number of anilines is 1. The fourth-order valence-electron chi connectivity index (χ4n) is 3.71. The number of nitrogens with one attached hydrogen (secondary N) is 1. The first-order chi connectivity index (χ1) is 15.4. The molecule has 0 radical (unpaired) electrons. The van der Waals surface area contributed by atoms with Crippen molar-refractivity contribution in [1.29, 1.82) is 0 Å². The number of benzene rings is 1. The summed E-state index contributed by atoms with van der Waals surface area (Å²) in [5.74, 6) is -1.76. The van der Waals surface area contributed by atoms with Crippen molar-refractivity contribution in [1.82, 2.24) is 15.1 Å². The number of aliphatic hydroxyl groups excluding tert-OH is 1. The highest BCUT2D eigenvalue weighted by Crippen LogP contribution is 2.31. The number of nitrogens with zero attached hydrogens (tertiary/aromatic N) is 3. The SMILES string of the molecule is C[C@]1(O)C(=O)N(CCCN2CCN(c3ccc(F)cc3OCC(F)(F)F)CC2)C(=O)N[C@H]1O. The van der Waals surface area contributed by atoms with Crippen molar-refractivity contribution in [2.75, 3.05) is 50.8 Å². The van der Waals surface area contributed by atoms with E-state index in [1.165, 1.54) is 6.07 Å². The molecular weight excluding hydrogens is 452 g/mol. The average Bonchev–Trinajstić information content (AvgIpc) is 2.74. The summed E-state index contributed by atoms with van der Waals surface area (Å²) in [6.45, 7) is 2.18. The third-order valence-electron chi connectivity index (χ3n) is 5.60. The van der Waals surface area contributed by atoms with E-state index in [9.17, 15) is 37.4 Å². The molecule has 2 saturated heterocycles. The maximum Gasteiger partial charge on any atom is 0.422 e. The Hall–Kier alpha value is -2.64. The molecule has 2 aliphatic rings. The van der Waals surface area contributed by atoms with Crippen molar-refractivity contribution in [3.63, 3.8) is 0 Å². The maximum absolute atomic E-state index is 13.5. The monoisotopic (exact) mass is 478 g/mol. The summed E-state index contributed by atoms with van der Waals surface area (Å²) in [5, 5.41) is 21.8. The zero-order valence-corrected chi connectivity index (χ0v) is 17.9. The summed E-state index contributed by atoms with van der Waals surface area (Å²) in [5.41, 5.74) is -1.74. The molecule has 0 saturated carbocycles. The van der Waals surface area contributed by atoms with Crippen LogP contribution in [0.25, 0.3) is 0 Å². The van der Waals surface area contributed by atoms with Gasteiger partial charge in [0.2, 0.25) is 0 Å². The largest absolute Gasteiger partial charge is 0.482 e. The van der Waals surface area contributed by atoms with E-state index in [0.717, 1.165) is 24.0 Å². The molecule has 2 heterocycles. The molecule has 0 bridgehead atoms. The Morgan fingerprint density at radius 3 is 2.48 bits per heavy atom. The number of aliphatic hydroxyl groups is 2. The smallest absolute Gasteiger partial charge is 0.422 e. The average molecular weight is 478 g/mol. The summed E-state index contributed by atoms with van der Waals surface area (Å²) in [7, 11) is 0. The Morgan fingerprint density at radius 2 is 1.85 bits per heavy atom. The van der Waals surface area contributed by atoms with Crippen molar-refractivity contribution in [2.24, 2.45) is 0 Å². The first-order valence-electron chi connectivity index (χ1n) is 10.4.